The molecule has 1 aromatic heterocycles. The van der Waals surface area contributed by atoms with Crippen LogP contribution in [0.4, 0.5) is 0 Å². The lowest BCUT2D eigenvalue weighted by Crippen LogP contribution is -2.00. The highest BCUT2D eigenvalue weighted by Gasteiger charge is 2.09. The maximum absolute atomic E-state index is 8.97. The minimum Gasteiger partial charge on any atom is -0.384 e. The number of hydrogen-bond donors (Lipinski definition) is 0. The van der Waals surface area contributed by atoms with Crippen molar-refractivity contribution in [3.8, 4) is 6.07 Å². The van der Waals surface area contributed by atoms with Gasteiger partial charge in [0.25, 0.3) is 0 Å². The van der Waals surface area contributed by atoms with Gasteiger partial charge in [-0.05, 0) is 13.8 Å². The Morgan fingerprint density at radius 2 is 2.13 bits per heavy atom. The fraction of sp³-hybridized carbons (Fsp3) is 0.500. The molecule has 0 aliphatic heterocycles. The van der Waals surface area contributed by atoms with Crippen molar-refractivity contribution in [3.05, 3.63) is 17.1 Å². The monoisotopic (exact) mass is 223 g/mol. The maximum Gasteiger partial charge on any atom is 0.126 e. The standard InChI is InChI=1S/C10H13N3OS/c1-7-9(6-11)10(13-8(2)12-7)15-5-4-14-3/h4-5H2,1-3H3. The Labute approximate surface area is 93.7 Å². The van der Waals surface area contributed by atoms with Crippen molar-refractivity contribution < 1.29 is 4.74 Å². The molecule has 1 aromatic rings. The lowest BCUT2D eigenvalue weighted by molar-refractivity contribution is 0.218. The molecule has 0 saturated carbocycles. The molecule has 80 valence electrons. The molecular weight excluding hydrogens is 210 g/mol. The number of methoxy groups -OCH3 is 1. The second-order valence-corrected chi connectivity index (χ2v) is 4.07. The zero-order valence-electron chi connectivity index (χ0n) is 9.07. The van der Waals surface area contributed by atoms with Gasteiger partial charge >= 0.3 is 0 Å². The molecule has 0 atom stereocenters. The third kappa shape index (κ3) is 3.18. The van der Waals surface area contributed by atoms with Crippen LogP contribution in [0, 0.1) is 25.2 Å². The van der Waals surface area contributed by atoms with E-state index in [1.165, 1.54) is 11.8 Å². The summed E-state index contributed by atoms with van der Waals surface area (Å²) in [6.45, 7) is 4.31. The Kier molecular flexibility index (Phi) is 4.53. The highest BCUT2D eigenvalue weighted by Crippen LogP contribution is 2.21. The normalized spacial score (nSPS) is 10.0. The van der Waals surface area contributed by atoms with Gasteiger partial charge < -0.3 is 4.74 Å². The van der Waals surface area contributed by atoms with Crippen molar-refractivity contribution in [1.29, 1.82) is 5.26 Å². The lowest BCUT2D eigenvalue weighted by Gasteiger charge is -2.05. The Balaban J connectivity index is 2.90. The molecule has 0 fully saturated rings. The van der Waals surface area contributed by atoms with Gasteiger partial charge in [0.05, 0.1) is 12.3 Å². The minimum atomic E-state index is 0.571. The number of rotatable bonds is 4. The van der Waals surface area contributed by atoms with E-state index in [1.807, 2.05) is 13.8 Å². The first-order valence-electron chi connectivity index (χ1n) is 4.56. The van der Waals surface area contributed by atoms with Gasteiger partial charge in [0.1, 0.15) is 22.5 Å². The van der Waals surface area contributed by atoms with E-state index in [-0.39, 0.29) is 0 Å². The van der Waals surface area contributed by atoms with Crippen LogP contribution in [0.25, 0.3) is 0 Å². The molecule has 0 aliphatic rings. The van der Waals surface area contributed by atoms with E-state index < -0.39 is 0 Å². The summed E-state index contributed by atoms with van der Waals surface area (Å²) < 4.78 is 4.95. The van der Waals surface area contributed by atoms with Crippen LogP contribution >= 0.6 is 11.8 Å². The van der Waals surface area contributed by atoms with Crippen LogP contribution in [0.15, 0.2) is 5.03 Å². The quantitative estimate of drug-likeness (QED) is 0.442. The Bertz CT molecular complexity index is 387. The Hall–Kier alpha value is -1.12. The van der Waals surface area contributed by atoms with Crippen molar-refractivity contribution in [2.24, 2.45) is 0 Å². The molecule has 0 saturated heterocycles. The van der Waals surface area contributed by atoms with Crippen LogP contribution in [0.3, 0.4) is 0 Å². The fourth-order valence-electron chi connectivity index (χ4n) is 1.14. The van der Waals surface area contributed by atoms with Gasteiger partial charge in [-0.1, -0.05) is 0 Å². The number of hydrogen-bond acceptors (Lipinski definition) is 5. The van der Waals surface area contributed by atoms with Crippen LogP contribution in [0.2, 0.25) is 0 Å². The third-order valence-electron chi connectivity index (χ3n) is 1.81. The molecule has 5 heteroatoms. The zero-order valence-corrected chi connectivity index (χ0v) is 9.89. The van der Waals surface area contributed by atoms with E-state index >= 15 is 0 Å². The molecule has 0 bridgehead atoms. The van der Waals surface area contributed by atoms with Gasteiger partial charge in [0.15, 0.2) is 0 Å². The largest absolute Gasteiger partial charge is 0.384 e. The van der Waals surface area contributed by atoms with Crippen molar-refractivity contribution in [2.45, 2.75) is 18.9 Å². The van der Waals surface area contributed by atoms with E-state index in [0.717, 1.165) is 16.5 Å². The Morgan fingerprint density at radius 1 is 1.40 bits per heavy atom. The van der Waals surface area contributed by atoms with E-state index in [2.05, 4.69) is 16.0 Å². The number of nitriles is 1. The van der Waals surface area contributed by atoms with Crippen LogP contribution in [-0.2, 0) is 4.74 Å². The molecule has 0 aliphatic carbocycles. The Morgan fingerprint density at radius 3 is 2.73 bits per heavy atom. The maximum atomic E-state index is 8.97. The number of aryl methyl sites for hydroxylation is 2. The van der Waals surface area contributed by atoms with Crippen LogP contribution < -0.4 is 0 Å². The molecule has 1 rings (SSSR count). The number of aromatic nitrogens is 2. The lowest BCUT2D eigenvalue weighted by atomic mass is 10.3. The van der Waals surface area contributed by atoms with Gasteiger partial charge in [-0.25, -0.2) is 9.97 Å². The molecule has 0 amide bonds. The van der Waals surface area contributed by atoms with Crippen LogP contribution in [-0.4, -0.2) is 29.4 Å². The zero-order chi connectivity index (χ0) is 11.3. The molecule has 1 heterocycles. The summed E-state index contributed by atoms with van der Waals surface area (Å²) in [5.41, 5.74) is 1.31. The first-order chi connectivity index (χ1) is 7.19. The summed E-state index contributed by atoms with van der Waals surface area (Å²) in [5.74, 6) is 1.49. The molecule has 0 N–H and O–H groups in total. The third-order valence-corrected chi connectivity index (χ3v) is 2.75. The second kappa shape index (κ2) is 5.69. The van der Waals surface area contributed by atoms with Crippen LogP contribution in [0.1, 0.15) is 17.1 Å². The van der Waals surface area contributed by atoms with Crippen LogP contribution in [0.5, 0.6) is 0 Å². The molecule has 4 nitrogen and oxygen atoms in total. The van der Waals surface area contributed by atoms with E-state index in [4.69, 9.17) is 10.00 Å². The predicted molar refractivity (Wildman–Crippen MR) is 58.8 cm³/mol. The number of ether oxygens (including phenoxy) is 1. The molecule has 0 spiro atoms. The summed E-state index contributed by atoms with van der Waals surface area (Å²) >= 11 is 1.53. The highest BCUT2D eigenvalue weighted by molar-refractivity contribution is 7.99. The number of thioether (sulfide) groups is 1. The SMILES string of the molecule is COCCSc1nc(C)nc(C)c1C#N. The van der Waals surface area contributed by atoms with Gasteiger partial charge in [-0.3, -0.25) is 0 Å². The van der Waals surface area contributed by atoms with Crippen molar-refractivity contribution in [3.63, 3.8) is 0 Å². The molecule has 0 aromatic carbocycles. The first-order valence-corrected chi connectivity index (χ1v) is 5.54. The summed E-state index contributed by atoms with van der Waals surface area (Å²) in [6, 6.07) is 2.13. The fourth-order valence-corrected chi connectivity index (χ4v) is 2.11. The summed E-state index contributed by atoms with van der Waals surface area (Å²) in [7, 11) is 1.66. The van der Waals surface area contributed by atoms with Gasteiger partial charge in [-0.15, -0.1) is 11.8 Å². The van der Waals surface area contributed by atoms with Crippen molar-refractivity contribution >= 4 is 11.8 Å². The van der Waals surface area contributed by atoms with Gasteiger partial charge in [-0.2, -0.15) is 5.26 Å². The minimum absolute atomic E-state index is 0.571. The smallest absolute Gasteiger partial charge is 0.126 e. The van der Waals surface area contributed by atoms with Crippen molar-refractivity contribution in [1.82, 2.24) is 9.97 Å². The molecule has 15 heavy (non-hydrogen) atoms. The van der Waals surface area contributed by atoms with Crippen molar-refractivity contribution in [2.75, 3.05) is 19.5 Å². The first kappa shape index (κ1) is 12.0. The molecule has 0 radical (unpaired) electrons. The van der Waals surface area contributed by atoms with E-state index in [9.17, 15) is 0 Å². The molecule has 0 unspecified atom stereocenters. The van der Waals surface area contributed by atoms with Gasteiger partial charge in [0.2, 0.25) is 0 Å². The predicted octanol–water partition coefficient (Wildman–Crippen LogP) is 1.70. The second-order valence-electron chi connectivity index (χ2n) is 2.99. The highest BCUT2D eigenvalue weighted by atomic mass is 32.2. The van der Waals surface area contributed by atoms with Gasteiger partial charge in [0, 0.05) is 12.9 Å². The topological polar surface area (TPSA) is 58.8 Å². The average molecular weight is 223 g/mol. The number of nitrogens with zero attached hydrogens (tertiary/aromatic N) is 3. The summed E-state index contributed by atoms with van der Waals surface area (Å²) in [4.78, 5) is 8.41. The average Bonchev–Trinajstić information content (AvgIpc) is 2.17. The molecular formula is C10H13N3OS. The summed E-state index contributed by atoms with van der Waals surface area (Å²) in [6.07, 6.45) is 0. The van der Waals surface area contributed by atoms with E-state index in [1.54, 1.807) is 7.11 Å². The van der Waals surface area contributed by atoms with E-state index in [0.29, 0.717) is 18.0 Å². The summed E-state index contributed by atoms with van der Waals surface area (Å²) in [5, 5.41) is 9.72.